The first-order valence-corrected chi connectivity index (χ1v) is 6.16. The maximum Gasteiger partial charge on any atom is 0.132 e. The first-order chi connectivity index (χ1) is 8.43. The van der Waals surface area contributed by atoms with Crippen LogP contribution in [0, 0.1) is 0 Å². The minimum atomic E-state index is 0.963. The highest BCUT2D eigenvalue weighted by molar-refractivity contribution is 5.49. The first kappa shape index (κ1) is 10.3. The largest absolute Gasteiger partial charge is 0.352 e. The number of nitrogens with zero attached hydrogens (tertiary/aromatic N) is 2. The van der Waals surface area contributed by atoms with E-state index >= 15 is 0 Å². The summed E-state index contributed by atoms with van der Waals surface area (Å²) in [4.78, 5) is 6.91. The second-order valence-corrected chi connectivity index (χ2v) is 4.50. The average Bonchev–Trinajstić information content (AvgIpc) is 2.40. The van der Waals surface area contributed by atoms with Crippen molar-refractivity contribution in [3.63, 3.8) is 0 Å². The third kappa shape index (κ3) is 2.16. The molecular formula is C15H16N2. The summed E-state index contributed by atoms with van der Waals surface area (Å²) >= 11 is 0. The van der Waals surface area contributed by atoms with Gasteiger partial charge in [0.1, 0.15) is 5.82 Å². The fourth-order valence-corrected chi connectivity index (χ4v) is 2.43. The molecule has 0 radical (unpaired) electrons. The molecule has 0 unspecified atom stereocenters. The lowest BCUT2D eigenvalue weighted by atomic mass is 10.1. The molecule has 3 rings (SSSR count). The normalized spacial score (nSPS) is 14.5. The molecule has 0 aliphatic carbocycles. The van der Waals surface area contributed by atoms with Gasteiger partial charge in [-0.2, -0.15) is 0 Å². The Morgan fingerprint density at radius 3 is 2.82 bits per heavy atom. The lowest BCUT2D eigenvalue weighted by molar-refractivity contribution is 0.678. The summed E-state index contributed by atoms with van der Waals surface area (Å²) in [5.74, 6) is 1.17. The third-order valence-electron chi connectivity index (χ3n) is 3.26. The Morgan fingerprint density at radius 2 is 1.94 bits per heavy atom. The molecule has 0 bridgehead atoms. The van der Waals surface area contributed by atoms with Gasteiger partial charge in [0.15, 0.2) is 0 Å². The molecule has 0 atom stereocenters. The number of anilines is 1. The molecule has 1 aromatic carbocycles. The zero-order chi connectivity index (χ0) is 11.5. The van der Waals surface area contributed by atoms with Crippen LogP contribution in [0.1, 0.15) is 17.5 Å². The topological polar surface area (TPSA) is 16.1 Å². The van der Waals surface area contributed by atoms with E-state index in [1.165, 1.54) is 23.4 Å². The van der Waals surface area contributed by atoms with E-state index in [2.05, 4.69) is 46.3 Å². The molecule has 2 aromatic rings. The van der Waals surface area contributed by atoms with Gasteiger partial charge in [-0.3, -0.25) is 0 Å². The summed E-state index contributed by atoms with van der Waals surface area (Å²) in [7, 11) is 0. The fraction of sp³-hybridized carbons (Fsp3) is 0.267. The monoisotopic (exact) mass is 224 g/mol. The average molecular weight is 224 g/mol. The highest BCUT2D eigenvalue weighted by atomic mass is 15.2. The Hall–Kier alpha value is -1.83. The Bertz CT molecular complexity index is 493. The van der Waals surface area contributed by atoms with Crippen molar-refractivity contribution in [1.82, 2.24) is 4.98 Å². The Morgan fingerprint density at radius 1 is 1.06 bits per heavy atom. The molecule has 0 saturated carbocycles. The summed E-state index contributed by atoms with van der Waals surface area (Å²) in [5.41, 5.74) is 2.74. The van der Waals surface area contributed by atoms with Gasteiger partial charge >= 0.3 is 0 Å². The number of fused-ring (bicyclic) bond motifs is 1. The van der Waals surface area contributed by atoms with E-state index in [1.54, 1.807) is 0 Å². The van der Waals surface area contributed by atoms with Crippen molar-refractivity contribution < 1.29 is 0 Å². The minimum absolute atomic E-state index is 0.963. The summed E-state index contributed by atoms with van der Waals surface area (Å²) in [6.07, 6.45) is 4.28. The van der Waals surface area contributed by atoms with Crippen LogP contribution in [-0.2, 0) is 13.0 Å². The van der Waals surface area contributed by atoms with Crippen LogP contribution in [0.2, 0.25) is 0 Å². The molecule has 1 aliphatic heterocycles. The van der Waals surface area contributed by atoms with Gasteiger partial charge in [0.25, 0.3) is 0 Å². The van der Waals surface area contributed by atoms with Crippen LogP contribution in [0.5, 0.6) is 0 Å². The van der Waals surface area contributed by atoms with E-state index in [9.17, 15) is 0 Å². The number of aromatic nitrogens is 1. The maximum absolute atomic E-state index is 4.52. The van der Waals surface area contributed by atoms with Crippen LogP contribution in [0.25, 0.3) is 0 Å². The Balaban J connectivity index is 1.86. The van der Waals surface area contributed by atoms with Gasteiger partial charge in [0, 0.05) is 19.3 Å². The molecule has 86 valence electrons. The van der Waals surface area contributed by atoms with E-state index in [1.807, 2.05) is 12.3 Å². The molecule has 0 spiro atoms. The highest BCUT2D eigenvalue weighted by Gasteiger charge is 2.17. The van der Waals surface area contributed by atoms with E-state index < -0.39 is 0 Å². The molecule has 2 heterocycles. The smallest absolute Gasteiger partial charge is 0.132 e. The van der Waals surface area contributed by atoms with Crippen LogP contribution in [0.15, 0.2) is 48.7 Å². The van der Waals surface area contributed by atoms with Gasteiger partial charge < -0.3 is 4.90 Å². The fourth-order valence-electron chi connectivity index (χ4n) is 2.43. The number of aryl methyl sites for hydroxylation is 1. The molecule has 2 nitrogen and oxygen atoms in total. The van der Waals surface area contributed by atoms with Crippen molar-refractivity contribution in [3.8, 4) is 0 Å². The molecule has 1 aliphatic rings. The van der Waals surface area contributed by atoms with E-state index in [-0.39, 0.29) is 0 Å². The van der Waals surface area contributed by atoms with Gasteiger partial charge in [-0.15, -0.1) is 0 Å². The zero-order valence-electron chi connectivity index (χ0n) is 9.84. The third-order valence-corrected chi connectivity index (χ3v) is 3.26. The highest BCUT2D eigenvalue weighted by Crippen LogP contribution is 2.25. The molecule has 0 saturated heterocycles. The molecule has 0 amide bonds. The number of benzene rings is 1. The number of pyridine rings is 1. The van der Waals surface area contributed by atoms with E-state index in [0.717, 1.165) is 19.5 Å². The zero-order valence-corrected chi connectivity index (χ0v) is 9.84. The van der Waals surface area contributed by atoms with Gasteiger partial charge in [-0.1, -0.05) is 36.4 Å². The standard InChI is InChI=1S/C15H16N2/c1-2-6-13(7-3-1)12-17-11-5-9-14-8-4-10-16-15(14)17/h1-4,6-8,10H,5,9,11-12H2. The van der Waals surface area contributed by atoms with Crippen LogP contribution < -0.4 is 4.90 Å². The van der Waals surface area contributed by atoms with Crippen molar-refractivity contribution in [1.29, 1.82) is 0 Å². The molecular weight excluding hydrogens is 208 g/mol. The Kier molecular flexibility index (Phi) is 2.78. The SMILES string of the molecule is c1ccc(CN2CCCc3cccnc32)cc1. The Labute approximate surface area is 102 Å². The van der Waals surface area contributed by atoms with Crippen LogP contribution in [0.4, 0.5) is 5.82 Å². The molecule has 1 aromatic heterocycles. The summed E-state index contributed by atoms with van der Waals surface area (Å²) in [6, 6.07) is 14.8. The van der Waals surface area contributed by atoms with E-state index in [4.69, 9.17) is 0 Å². The van der Waals surface area contributed by atoms with Crippen molar-refractivity contribution in [2.75, 3.05) is 11.4 Å². The van der Waals surface area contributed by atoms with Gasteiger partial charge in [0.2, 0.25) is 0 Å². The van der Waals surface area contributed by atoms with Crippen molar-refractivity contribution in [2.45, 2.75) is 19.4 Å². The number of rotatable bonds is 2. The van der Waals surface area contributed by atoms with Crippen LogP contribution in [-0.4, -0.2) is 11.5 Å². The van der Waals surface area contributed by atoms with Crippen molar-refractivity contribution >= 4 is 5.82 Å². The molecule has 17 heavy (non-hydrogen) atoms. The molecule has 0 fully saturated rings. The van der Waals surface area contributed by atoms with E-state index in [0.29, 0.717) is 0 Å². The molecule has 0 N–H and O–H groups in total. The summed E-state index contributed by atoms with van der Waals surface area (Å²) < 4.78 is 0. The van der Waals surface area contributed by atoms with Gasteiger partial charge in [-0.05, 0) is 30.0 Å². The number of hydrogen-bond acceptors (Lipinski definition) is 2. The number of hydrogen-bond donors (Lipinski definition) is 0. The van der Waals surface area contributed by atoms with Gasteiger partial charge in [0.05, 0.1) is 0 Å². The predicted octanol–water partition coefficient (Wildman–Crippen LogP) is 3.03. The quantitative estimate of drug-likeness (QED) is 0.779. The van der Waals surface area contributed by atoms with Gasteiger partial charge in [-0.25, -0.2) is 4.98 Å². The minimum Gasteiger partial charge on any atom is -0.352 e. The van der Waals surface area contributed by atoms with Crippen LogP contribution >= 0.6 is 0 Å². The predicted molar refractivity (Wildman–Crippen MR) is 70.1 cm³/mol. The van der Waals surface area contributed by atoms with Crippen molar-refractivity contribution in [3.05, 3.63) is 59.8 Å². The maximum atomic E-state index is 4.52. The molecule has 2 heteroatoms. The second kappa shape index (κ2) is 4.58. The van der Waals surface area contributed by atoms with Crippen LogP contribution in [0.3, 0.4) is 0 Å². The first-order valence-electron chi connectivity index (χ1n) is 6.16. The lowest BCUT2D eigenvalue weighted by Gasteiger charge is -2.29. The lowest BCUT2D eigenvalue weighted by Crippen LogP contribution is -2.29. The summed E-state index contributed by atoms with van der Waals surface area (Å²) in [6.45, 7) is 2.07. The van der Waals surface area contributed by atoms with Crippen molar-refractivity contribution in [2.24, 2.45) is 0 Å². The summed E-state index contributed by atoms with van der Waals surface area (Å²) in [5, 5.41) is 0. The second-order valence-electron chi connectivity index (χ2n) is 4.50.